The molecule has 128 valence electrons. The predicted octanol–water partition coefficient (Wildman–Crippen LogP) is 4.40. The minimum atomic E-state index is 0.564. The van der Waals surface area contributed by atoms with Crippen LogP contribution in [0.2, 0.25) is 0 Å². The van der Waals surface area contributed by atoms with Crippen LogP contribution in [0.1, 0.15) is 21.5 Å². The molecule has 1 heterocycles. The molecule has 5 nitrogen and oxygen atoms in total. The van der Waals surface area contributed by atoms with Crippen LogP contribution in [-0.2, 0) is 0 Å². The molecule has 0 bridgehead atoms. The number of aromatic nitrogens is 1. The smallest absolute Gasteiger partial charge is 0.154 e. The summed E-state index contributed by atoms with van der Waals surface area (Å²) in [6.07, 6.45) is 4.26. The number of hydrogen-bond acceptors (Lipinski definition) is 5. The normalized spacial score (nSPS) is 11.1. The van der Waals surface area contributed by atoms with Gasteiger partial charge in [-0.1, -0.05) is 30.3 Å². The molecule has 5 heteroatoms. The van der Waals surface area contributed by atoms with Crippen molar-refractivity contribution in [3.05, 3.63) is 83.4 Å². The summed E-state index contributed by atoms with van der Waals surface area (Å²) in [4.78, 5) is 23.8. The van der Waals surface area contributed by atoms with Crippen molar-refractivity contribution in [1.29, 1.82) is 0 Å². The van der Waals surface area contributed by atoms with Crippen molar-refractivity contribution in [2.24, 2.45) is 9.98 Å². The number of rotatable bonds is 6. The predicted molar refractivity (Wildman–Crippen MR) is 104 cm³/mol. The van der Waals surface area contributed by atoms with Gasteiger partial charge in [-0.05, 0) is 47.5 Å². The van der Waals surface area contributed by atoms with E-state index in [4.69, 9.17) is 4.74 Å². The summed E-state index contributed by atoms with van der Waals surface area (Å²) >= 11 is 0. The van der Waals surface area contributed by atoms with Crippen molar-refractivity contribution in [2.45, 2.75) is 0 Å². The first-order valence-electron chi connectivity index (χ1n) is 8.01. The Hall–Kier alpha value is -3.60. The first-order chi connectivity index (χ1) is 12.8. The Morgan fingerprint density at radius 3 is 1.77 bits per heavy atom. The maximum Gasteiger partial charge on any atom is 0.154 e. The van der Waals surface area contributed by atoms with Crippen molar-refractivity contribution < 1.29 is 9.53 Å². The van der Waals surface area contributed by atoms with Crippen molar-refractivity contribution >= 4 is 30.4 Å². The molecule has 1 aromatic heterocycles. The Kier molecular flexibility index (Phi) is 5.62. The molecule has 0 saturated heterocycles. The van der Waals surface area contributed by atoms with E-state index in [0.717, 1.165) is 23.2 Å². The fourth-order valence-corrected chi connectivity index (χ4v) is 2.19. The van der Waals surface area contributed by atoms with Gasteiger partial charge in [0.25, 0.3) is 0 Å². The van der Waals surface area contributed by atoms with Crippen LogP contribution in [0, 0.1) is 0 Å². The third kappa shape index (κ3) is 4.70. The van der Waals surface area contributed by atoms with Crippen LogP contribution in [0.25, 0.3) is 0 Å². The number of aliphatic imine (C=N–C) groups is 2. The lowest BCUT2D eigenvalue weighted by Gasteiger charge is -1.99. The number of carbonyl (C=O) groups excluding carboxylic acids is 1. The molecule has 3 aromatic rings. The number of aldehydes is 1. The van der Waals surface area contributed by atoms with Crippen molar-refractivity contribution in [3.63, 3.8) is 0 Å². The van der Waals surface area contributed by atoms with E-state index in [-0.39, 0.29) is 0 Å². The molecule has 0 aliphatic heterocycles. The van der Waals surface area contributed by atoms with Crippen LogP contribution < -0.4 is 4.74 Å². The van der Waals surface area contributed by atoms with E-state index in [9.17, 15) is 4.79 Å². The number of ether oxygens (including phenoxy) is 1. The van der Waals surface area contributed by atoms with Gasteiger partial charge in [0.2, 0.25) is 0 Å². The van der Waals surface area contributed by atoms with Gasteiger partial charge in [-0.2, -0.15) is 0 Å². The Morgan fingerprint density at radius 2 is 1.27 bits per heavy atom. The van der Waals surface area contributed by atoms with Crippen LogP contribution in [0.5, 0.6) is 5.75 Å². The van der Waals surface area contributed by atoms with Crippen molar-refractivity contribution in [3.8, 4) is 5.75 Å². The fraction of sp³-hybridized carbons (Fsp3) is 0.0476. The largest absolute Gasteiger partial charge is 0.497 e. The van der Waals surface area contributed by atoms with Gasteiger partial charge in [-0.25, -0.2) is 15.0 Å². The molecular weight excluding hydrogens is 326 g/mol. The van der Waals surface area contributed by atoms with Crippen molar-refractivity contribution in [2.75, 3.05) is 7.11 Å². The molecule has 0 unspecified atom stereocenters. The van der Waals surface area contributed by atoms with E-state index >= 15 is 0 Å². The van der Waals surface area contributed by atoms with Gasteiger partial charge in [0, 0.05) is 18.0 Å². The highest BCUT2D eigenvalue weighted by atomic mass is 16.5. The molecule has 0 aliphatic carbocycles. The molecule has 0 N–H and O–H groups in total. The van der Waals surface area contributed by atoms with E-state index in [1.165, 1.54) is 0 Å². The van der Waals surface area contributed by atoms with E-state index in [1.54, 1.807) is 31.7 Å². The van der Waals surface area contributed by atoms with Gasteiger partial charge >= 0.3 is 0 Å². The second kappa shape index (κ2) is 8.48. The van der Waals surface area contributed by atoms with Crippen LogP contribution in [0.15, 0.2) is 76.7 Å². The molecule has 0 spiro atoms. The lowest BCUT2D eigenvalue weighted by atomic mass is 10.2. The van der Waals surface area contributed by atoms with Gasteiger partial charge in [0.15, 0.2) is 11.6 Å². The number of carbonyl (C=O) groups is 1. The van der Waals surface area contributed by atoms with Gasteiger partial charge in [-0.15, -0.1) is 0 Å². The van der Waals surface area contributed by atoms with Gasteiger partial charge in [0.05, 0.1) is 7.11 Å². The zero-order valence-electron chi connectivity index (χ0n) is 14.2. The van der Waals surface area contributed by atoms with Crippen molar-refractivity contribution in [1.82, 2.24) is 4.98 Å². The number of hydrogen-bond donors (Lipinski definition) is 0. The minimum absolute atomic E-state index is 0.564. The maximum atomic E-state index is 10.7. The summed E-state index contributed by atoms with van der Waals surface area (Å²) in [7, 11) is 1.63. The molecule has 2 aromatic carbocycles. The third-order valence-corrected chi connectivity index (χ3v) is 3.60. The Balaban J connectivity index is 1.71. The summed E-state index contributed by atoms with van der Waals surface area (Å²) in [5, 5.41) is 0. The van der Waals surface area contributed by atoms with E-state index in [2.05, 4.69) is 15.0 Å². The number of methoxy groups -OCH3 is 1. The maximum absolute atomic E-state index is 10.7. The lowest BCUT2D eigenvalue weighted by molar-refractivity contribution is 0.112. The molecule has 0 fully saturated rings. The highest BCUT2D eigenvalue weighted by molar-refractivity contribution is 5.84. The zero-order chi connectivity index (χ0) is 18.2. The average molecular weight is 343 g/mol. The molecule has 0 aliphatic rings. The summed E-state index contributed by atoms with van der Waals surface area (Å²) < 4.78 is 5.13. The fourth-order valence-electron chi connectivity index (χ4n) is 2.19. The second-order valence-corrected chi connectivity index (χ2v) is 5.43. The summed E-state index contributed by atoms with van der Waals surface area (Å²) in [5.41, 5.74) is 2.48. The molecule has 0 saturated carbocycles. The van der Waals surface area contributed by atoms with Gasteiger partial charge in [-0.3, -0.25) is 4.79 Å². The Morgan fingerprint density at radius 1 is 0.769 bits per heavy atom. The van der Waals surface area contributed by atoms with E-state index < -0.39 is 0 Å². The molecule has 26 heavy (non-hydrogen) atoms. The molecule has 0 atom stereocenters. The zero-order valence-corrected chi connectivity index (χ0v) is 14.2. The molecule has 3 rings (SSSR count). The standard InChI is InChI=1S/C21H17N3O2/c1-26-19-11-9-17(10-12-19)14-23-21-4-2-3-20(24-21)22-13-16-5-7-18(15-25)8-6-16/h2-15H,1H3/b22-13?,23-14+. The van der Waals surface area contributed by atoms with Gasteiger partial charge < -0.3 is 4.74 Å². The highest BCUT2D eigenvalue weighted by Gasteiger charge is 1.96. The summed E-state index contributed by atoms with van der Waals surface area (Å²) in [5.74, 6) is 1.94. The van der Waals surface area contributed by atoms with Crippen LogP contribution in [0.4, 0.5) is 11.6 Å². The van der Waals surface area contributed by atoms with E-state index in [1.807, 2.05) is 54.6 Å². The number of benzene rings is 2. The summed E-state index contributed by atoms with van der Waals surface area (Å²) in [6, 6.07) is 20.3. The highest BCUT2D eigenvalue weighted by Crippen LogP contribution is 2.16. The third-order valence-electron chi connectivity index (χ3n) is 3.60. The van der Waals surface area contributed by atoms with Crippen LogP contribution in [0.3, 0.4) is 0 Å². The quantitative estimate of drug-likeness (QED) is 0.492. The Bertz CT molecular complexity index is 930. The first kappa shape index (κ1) is 17.2. The van der Waals surface area contributed by atoms with Crippen LogP contribution >= 0.6 is 0 Å². The Labute approximate surface area is 151 Å². The average Bonchev–Trinajstić information content (AvgIpc) is 2.72. The molecular formula is C21H17N3O2. The topological polar surface area (TPSA) is 63.9 Å². The summed E-state index contributed by atoms with van der Waals surface area (Å²) in [6.45, 7) is 0. The monoisotopic (exact) mass is 343 g/mol. The second-order valence-electron chi connectivity index (χ2n) is 5.43. The molecule has 0 amide bonds. The minimum Gasteiger partial charge on any atom is -0.497 e. The SMILES string of the molecule is COc1ccc(/C=N/c2cccc(N=Cc3ccc(C=O)cc3)n2)cc1. The van der Waals surface area contributed by atoms with Gasteiger partial charge in [0.1, 0.15) is 12.0 Å². The molecule has 0 radical (unpaired) electrons. The van der Waals surface area contributed by atoms with E-state index in [0.29, 0.717) is 17.2 Å². The number of pyridine rings is 1. The number of nitrogens with zero attached hydrogens (tertiary/aromatic N) is 3. The first-order valence-corrected chi connectivity index (χ1v) is 8.01. The van der Waals surface area contributed by atoms with Crippen LogP contribution in [-0.4, -0.2) is 30.8 Å². The lowest BCUT2D eigenvalue weighted by Crippen LogP contribution is -1.85.